The minimum atomic E-state index is 0.308. The number of piperidine rings is 1. The summed E-state index contributed by atoms with van der Waals surface area (Å²) in [5.41, 5.74) is 1.81. The number of benzene rings is 1. The molecular weight excluding hydrogens is 248 g/mol. The number of nitrogens with one attached hydrogen (secondary N) is 1. The molecule has 0 aromatic heterocycles. The smallest absolute Gasteiger partial charge is 0.123 e. The number of para-hydroxylation sites is 1. The van der Waals surface area contributed by atoms with Crippen molar-refractivity contribution in [1.29, 1.82) is 0 Å². The van der Waals surface area contributed by atoms with Crippen LogP contribution in [-0.2, 0) is 6.42 Å². The summed E-state index contributed by atoms with van der Waals surface area (Å²) in [6.07, 6.45) is 3.94. The van der Waals surface area contributed by atoms with Crippen molar-refractivity contribution in [1.82, 2.24) is 10.2 Å². The molecule has 1 atom stereocenters. The van der Waals surface area contributed by atoms with Crippen molar-refractivity contribution in [3.05, 3.63) is 29.8 Å². The predicted molar refractivity (Wildman–Crippen MR) is 82.3 cm³/mol. The summed E-state index contributed by atoms with van der Waals surface area (Å²) in [5.74, 6) is 1.07. The first-order valence-corrected chi connectivity index (χ1v) is 7.78. The Hall–Kier alpha value is -1.06. The van der Waals surface area contributed by atoms with Crippen LogP contribution < -0.4 is 10.1 Å². The van der Waals surface area contributed by atoms with Gasteiger partial charge in [0.05, 0.1) is 0 Å². The summed E-state index contributed by atoms with van der Waals surface area (Å²) in [6, 6.07) is 8.40. The highest BCUT2D eigenvalue weighted by Crippen LogP contribution is 2.30. The zero-order chi connectivity index (χ0) is 14.0. The molecule has 0 saturated carbocycles. The molecule has 3 rings (SSSR count). The predicted octanol–water partition coefficient (Wildman–Crippen LogP) is 2.31. The molecule has 2 aliphatic rings. The molecule has 1 N–H and O–H groups in total. The molecule has 1 aromatic carbocycles. The van der Waals surface area contributed by atoms with Crippen molar-refractivity contribution < 1.29 is 4.74 Å². The molecule has 0 bridgehead atoms. The summed E-state index contributed by atoms with van der Waals surface area (Å²) in [7, 11) is 2.22. The van der Waals surface area contributed by atoms with Gasteiger partial charge in [-0.25, -0.2) is 0 Å². The van der Waals surface area contributed by atoms with Gasteiger partial charge in [0.25, 0.3) is 0 Å². The Labute approximate surface area is 122 Å². The molecule has 0 spiro atoms. The lowest BCUT2D eigenvalue weighted by Gasteiger charge is -2.38. The van der Waals surface area contributed by atoms with Gasteiger partial charge in [-0.3, -0.25) is 0 Å². The van der Waals surface area contributed by atoms with E-state index in [0.29, 0.717) is 11.5 Å². The quantitative estimate of drug-likeness (QED) is 0.912. The molecule has 1 saturated heterocycles. The second-order valence-electron chi connectivity index (χ2n) is 6.80. The third-order valence-corrected chi connectivity index (χ3v) is 4.83. The number of fused-ring (bicyclic) bond motifs is 1. The van der Waals surface area contributed by atoms with E-state index < -0.39 is 0 Å². The highest BCUT2D eigenvalue weighted by molar-refractivity contribution is 5.37. The Morgan fingerprint density at radius 1 is 1.30 bits per heavy atom. The molecule has 20 heavy (non-hydrogen) atoms. The maximum atomic E-state index is 5.98. The van der Waals surface area contributed by atoms with Crippen LogP contribution >= 0.6 is 0 Å². The lowest BCUT2D eigenvalue weighted by Crippen LogP contribution is -2.44. The standard InChI is InChI=1S/C17H26N2O/c1-17(7-9-19(2)10-8-17)13-18-12-15-11-14-5-3-4-6-16(14)20-15/h3-6,15,18H,7-13H2,1-2H3. The fourth-order valence-corrected chi connectivity index (χ4v) is 3.24. The maximum Gasteiger partial charge on any atom is 0.123 e. The summed E-state index contributed by atoms with van der Waals surface area (Å²) in [4.78, 5) is 2.43. The highest BCUT2D eigenvalue weighted by atomic mass is 16.5. The van der Waals surface area contributed by atoms with Crippen molar-refractivity contribution in [3.63, 3.8) is 0 Å². The molecule has 3 heteroatoms. The molecule has 1 aromatic rings. The van der Waals surface area contributed by atoms with Crippen LogP contribution in [0.4, 0.5) is 0 Å². The molecule has 0 amide bonds. The minimum Gasteiger partial charge on any atom is -0.488 e. The molecule has 1 unspecified atom stereocenters. The lowest BCUT2D eigenvalue weighted by molar-refractivity contribution is 0.131. The van der Waals surface area contributed by atoms with Gasteiger partial charge >= 0.3 is 0 Å². The van der Waals surface area contributed by atoms with E-state index in [1.807, 2.05) is 6.07 Å². The highest BCUT2D eigenvalue weighted by Gasteiger charge is 2.29. The second-order valence-corrected chi connectivity index (χ2v) is 6.80. The van der Waals surface area contributed by atoms with E-state index in [-0.39, 0.29) is 0 Å². The number of nitrogens with zero attached hydrogens (tertiary/aromatic N) is 1. The van der Waals surface area contributed by atoms with E-state index in [1.54, 1.807) is 0 Å². The molecule has 2 heterocycles. The molecular formula is C17H26N2O. The topological polar surface area (TPSA) is 24.5 Å². The van der Waals surface area contributed by atoms with E-state index in [0.717, 1.165) is 25.3 Å². The molecule has 110 valence electrons. The molecule has 0 aliphatic carbocycles. The van der Waals surface area contributed by atoms with Crippen LogP contribution in [0.5, 0.6) is 5.75 Å². The first-order valence-electron chi connectivity index (χ1n) is 7.78. The van der Waals surface area contributed by atoms with Crippen molar-refractivity contribution in [3.8, 4) is 5.75 Å². The first kappa shape index (κ1) is 13.9. The van der Waals surface area contributed by atoms with Crippen LogP contribution in [-0.4, -0.2) is 44.2 Å². The average molecular weight is 274 g/mol. The van der Waals surface area contributed by atoms with Gasteiger partial charge in [0, 0.05) is 19.5 Å². The number of rotatable bonds is 4. The van der Waals surface area contributed by atoms with Gasteiger partial charge in [-0.2, -0.15) is 0 Å². The minimum absolute atomic E-state index is 0.308. The number of hydrogen-bond donors (Lipinski definition) is 1. The molecule has 3 nitrogen and oxygen atoms in total. The number of likely N-dealkylation sites (tertiary alicyclic amines) is 1. The van der Waals surface area contributed by atoms with Gasteiger partial charge in [-0.1, -0.05) is 25.1 Å². The van der Waals surface area contributed by atoms with Crippen molar-refractivity contribution in [2.24, 2.45) is 5.41 Å². The van der Waals surface area contributed by atoms with Crippen LogP contribution in [0.3, 0.4) is 0 Å². The Bertz CT molecular complexity index is 427. The SMILES string of the molecule is CN1CCC(C)(CNCC2Cc3ccccc3O2)CC1. The van der Waals surface area contributed by atoms with Crippen LogP contribution in [0.1, 0.15) is 25.3 Å². The fourth-order valence-electron chi connectivity index (χ4n) is 3.24. The monoisotopic (exact) mass is 274 g/mol. The van der Waals surface area contributed by atoms with Gasteiger partial charge in [-0.15, -0.1) is 0 Å². The van der Waals surface area contributed by atoms with Gasteiger partial charge < -0.3 is 15.0 Å². The Morgan fingerprint density at radius 2 is 2.05 bits per heavy atom. The van der Waals surface area contributed by atoms with E-state index in [1.165, 1.54) is 31.5 Å². The van der Waals surface area contributed by atoms with E-state index >= 15 is 0 Å². The van der Waals surface area contributed by atoms with Gasteiger partial charge in [0.15, 0.2) is 0 Å². The Balaban J connectivity index is 1.43. The summed E-state index contributed by atoms with van der Waals surface area (Å²) in [6.45, 7) is 6.93. The third kappa shape index (κ3) is 3.15. The van der Waals surface area contributed by atoms with Gasteiger partial charge in [0.2, 0.25) is 0 Å². The van der Waals surface area contributed by atoms with Crippen LogP contribution in [0, 0.1) is 5.41 Å². The fraction of sp³-hybridized carbons (Fsp3) is 0.647. The average Bonchev–Trinajstić information content (AvgIpc) is 2.85. The normalized spacial score (nSPS) is 25.2. The van der Waals surface area contributed by atoms with Crippen LogP contribution in [0.2, 0.25) is 0 Å². The lowest BCUT2D eigenvalue weighted by atomic mass is 9.80. The molecule has 1 fully saturated rings. The van der Waals surface area contributed by atoms with Crippen molar-refractivity contribution in [2.75, 3.05) is 33.2 Å². The largest absolute Gasteiger partial charge is 0.488 e. The number of ether oxygens (including phenoxy) is 1. The zero-order valence-electron chi connectivity index (χ0n) is 12.7. The van der Waals surface area contributed by atoms with Crippen molar-refractivity contribution in [2.45, 2.75) is 32.3 Å². The van der Waals surface area contributed by atoms with Crippen LogP contribution in [0.25, 0.3) is 0 Å². The molecule has 2 aliphatic heterocycles. The summed E-state index contributed by atoms with van der Waals surface area (Å²) < 4.78 is 5.98. The Morgan fingerprint density at radius 3 is 2.80 bits per heavy atom. The van der Waals surface area contributed by atoms with Crippen LogP contribution in [0.15, 0.2) is 24.3 Å². The Kier molecular flexibility index (Phi) is 3.99. The summed E-state index contributed by atoms with van der Waals surface area (Å²) in [5, 5.41) is 3.64. The second kappa shape index (κ2) is 5.74. The van der Waals surface area contributed by atoms with Crippen molar-refractivity contribution >= 4 is 0 Å². The maximum absolute atomic E-state index is 5.98. The first-order chi connectivity index (χ1) is 9.65. The van der Waals surface area contributed by atoms with E-state index in [2.05, 4.69) is 42.4 Å². The van der Waals surface area contributed by atoms with E-state index in [9.17, 15) is 0 Å². The zero-order valence-corrected chi connectivity index (χ0v) is 12.7. The van der Waals surface area contributed by atoms with Gasteiger partial charge in [-0.05, 0) is 50.0 Å². The summed E-state index contributed by atoms with van der Waals surface area (Å²) >= 11 is 0. The number of hydrogen-bond acceptors (Lipinski definition) is 3. The third-order valence-electron chi connectivity index (χ3n) is 4.83. The molecule has 0 radical (unpaired) electrons. The van der Waals surface area contributed by atoms with E-state index in [4.69, 9.17) is 4.74 Å². The van der Waals surface area contributed by atoms with Gasteiger partial charge in [0.1, 0.15) is 11.9 Å².